The van der Waals surface area contributed by atoms with Crippen LogP contribution in [0.1, 0.15) is 13.8 Å². The first kappa shape index (κ1) is 10.6. The molecule has 14 heavy (non-hydrogen) atoms. The average molecular weight is 199 g/mol. The second kappa shape index (κ2) is 4.71. The Morgan fingerprint density at radius 1 is 1.64 bits per heavy atom. The fourth-order valence-electron chi connectivity index (χ4n) is 0.890. The van der Waals surface area contributed by atoms with Crippen LogP contribution < -0.4 is 0 Å². The zero-order chi connectivity index (χ0) is 10.6. The summed E-state index contributed by atoms with van der Waals surface area (Å²) in [7, 11) is 0. The molecule has 0 saturated carbocycles. The van der Waals surface area contributed by atoms with Crippen molar-refractivity contribution in [1.82, 2.24) is 14.8 Å². The summed E-state index contributed by atoms with van der Waals surface area (Å²) in [6.45, 7) is 3.51. The lowest BCUT2D eigenvalue weighted by Gasteiger charge is -2.12. The largest absolute Gasteiger partial charge is 0.461 e. The van der Waals surface area contributed by atoms with Crippen molar-refractivity contribution in [3.8, 4) is 0 Å². The van der Waals surface area contributed by atoms with Crippen molar-refractivity contribution in [2.24, 2.45) is 0 Å². The molecular formula is C8H13N3O3. The molecule has 0 fully saturated rings. The fraction of sp³-hybridized carbons (Fsp3) is 0.625. The maximum absolute atomic E-state index is 11.1. The number of carbonyl (C=O) groups is 1. The molecule has 0 unspecified atom stereocenters. The van der Waals surface area contributed by atoms with Crippen LogP contribution in [-0.2, 0) is 16.1 Å². The monoisotopic (exact) mass is 199 g/mol. The third-order valence-electron chi connectivity index (χ3n) is 1.45. The predicted molar refractivity (Wildman–Crippen MR) is 47.3 cm³/mol. The van der Waals surface area contributed by atoms with Crippen LogP contribution in [0.5, 0.6) is 0 Å². The van der Waals surface area contributed by atoms with E-state index < -0.39 is 12.1 Å². The molecule has 0 spiro atoms. The molecule has 6 heteroatoms. The third kappa shape index (κ3) is 3.14. The quantitative estimate of drug-likeness (QED) is 0.667. The number of ether oxygens (including phenoxy) is 1. The van der Waals surface area contributed by atoms with Crippen molar-refractivity contribution in [3.63, 3.8) is 0 Å². The Hall–Kier alpha value is -1.43. The van der Waals surface area contributed by atoms with Crippen molar-refractivity contribution < 1.29 is 14.6 Å². The van der Waals surface area contributed by atoms with E-state index in [9.17, 15) is 9.90 Å². The molecule has 0 aliphatic heterocycles. The van der Waals surface area contributed by atoms with Crippen LogP contribution in [0.15, 0.2) is 12.7 Å². The minimum atomic E-state index is -1.20. The first-order valence-electron chi connectivity index (χ1n) is 4.30. The van der Waals surface area contributed by atoms with Crippen LogP contribution in [0.2, 0.25) is 0 Å². The smallest absolute Gasteiger partial charge is 0.337 e. The third-order valence-corrected chi connectivity index (χ3v) is 1.45. The van der Waals surface area contributed by atoms with Crippen molar-refractivity contribution in [1.29, 1.82) is 0 Å². The van der Waals surface area contributed by atoms with E-state index in [1.54, 1.807) is 13.8 Å². The van der Waals surface area contributed by atoms with E-state index in [0.29, 0.717) is 0 Å². The standard InChI is InChI=1S/C8H13N3O3/c1-6(2)14-8(13)7(12)3-11-5-9-4-10-11/h4-7,12H,3H2,1-2H3/t7-/m1/s1. The van der Waals surface area contributed by atoms with Crippen LogP contribution in [-0.4, -0.2) is 38.0 Å². The molecule has 0 radical (unpaired) electrons. The molecule has 1 aromatic heterocycles. The highest BCUT2D eigenvalue weighted by Crippen LogP contribution is 1.96. The highest BCUT2D eigenvalue weighted by molar-refractivity contribution is 5.74. The van der Waals surface area contributed by atoms with E-state index in [4.69, 9.17) is 4.74 Å². The number of rotatable bonds is 4. The number of esters is 1. The van der Waals surface area contributed by atoms with Gasteiger partial charge in [-0.05, 0) is 13.8 Å². The lowest BCUT2D eigenvalue weighted by atomic mass is 10.3. The van der Waals surface area contributed by atoms with E-state index in [1.165, 1.54) is 17.3 Å². The number of aliphatic hydroxyl groups is 1. The van der Waals surface area contributed by atoms with Crippen molar-refractivity contribution in [3.05, 3.63) is 12.7 Å². The number of nitrogens with zero attached hydrogens (tertiary/aromatic N) is 3. The lowest BCUT2D eigenvalue weighted by Crippen LogP contribution is -2.30. The molecular weight excluding hydrogens is 186 g/mol. The number of hydrogen-bond acceptors (Lipinski definition) is 5. The summed E-state index contributed by atoms with van der Waals surface area (Å²) in [6, 6.07) is 0. The maximum atomic E-state index is 11.1. The van der Waals surface area contributed by atoms with Gasteiger partial charge in [-0.1, -0.05) is 0 Å². The van der Waals surface area contributed by atoms with Gasteiger partial charge in [0, 0.05) is 0 Å². The zero-order valence-electron chi connectivity index (χ0n) is 8.12. The van der Waals surface area contributed by atoms with E-state index in [-0.39, 0.29) is 12.6 Å². The number of aromatic nitrogens is 3. The molecule has 0 amide bonds. The summed E-state index contributed by atoms with van der Waals surface area (Å²) in [4.78, 5) is 14.8. The summed E-state index contributed by atoms with van der Waals surface area (Å²) in [5.41, 5.74) is 0. The summed E-state index contributed by atoms with van der Waals surface area (Å²) in [6.07, 6.45) is 1.33. The van der Waals surface area contributed by atoms with E-state index in [2.05, 4.69) is 10.1 Å². The normalized spacial score (nSPS) is 12.9. The van der Waals surface area contributed by atoms with Gasteiger partial charge < -0.3 is 9.84 Å². The van der Waals surface area contributed by atoms with Gasteiger partial charge >= 0.3 is 5.97 Å². The summed E-state index contributed by atoms with van der Waals surface area (Å²) in [5, 5.41) is 13.1. The van der Waals surface area contributed by atoms with Gasteiger partial charge in [0.05, 0.1) is 12.6 Å². The van der Waals surface area contributed by atoms with Gasteiger partial charge in [0.2, 0.25) is 0 Å². The lowest BCUT2D eigenvalue weighted by molar-refractivity contribution is -0.158. The Morgan fingerprint density at radius 2 is 2.36 bits per heavy atom. The summed E-state index contributed by atoms with van der Waals surface area (Å²) in [5.74, 6) is -0.643. The first-order valence-corrected chi connectivity index (χ1v) is 4.30. The molecule has 6 nitrogen and oxygen atoms in total. The first-order chi connectivity index (χ1) is 6.59. The molecule has 0 aromatic carbocycles. The Labute approximate surface area is 81.5 Å². The Morgan fingerprint density at radius 3 is 2.86 bits per heavy atom. The topological polar surface area (TPSA) is 77.2 Å². The Balaban J connectivity index is 2.42. The molecule has 78 valence electrons. The van der Waals surface area contributed by atoms with Gasteiger partial charge in [-0.2, -0.15) is 5.10 Å². The number of aliphatic hydroxyl groups excluding tert-OH is 1. The Bertz CT molecular complexity index is 284. The van der Waals surface area contributed by atoms with Crippen molar-refractivity contribution >= 4 is 5.97 Å². The second-order valence-corrected chi connectivity index (χ2v) is 3.12. The minimum Gasteiger partial charge on any atom is -0.461 e. The van der Waals surface area contributed by atoms with E-state index in [0.717, 1.165) is 0 Å². The van der Waals surface area contributed by atoms with E-state index in [1.807, 2.05) is 0 Å². The zero-order valence-corrected chi connectivity index (χ0v) is 8.12. The summed E-state index contributed by atoms with van der Waals surface area (Å²) < 4.78 is 6.18. The van der Waals surface area contributed by atoms with E-state index >= 15 is 0 Å². The highest BCUT2D eigenvalue weighted by Gasteiger charge is 2.18. The molecule has 1 rings (SSSR count). The molecule has 1 atom stereocenters. The molecule has 0 bridgehead atoms. The molecule has 0 aliphatic carbocycles. The van der Waals surface area contributed by atoms with Crippen molar-refractivity contribution in [2.45, 2.75) is 32.6 Å². The molecule has 0 aliphatic rings. The average Bonchev–Trinajstić information content (AvgIpc) is 2.55. The molecule has 1 heterocycles. The van der Waals surface area contributed by atoms with Gasteiger partial charge in [-0.3, -0.25) is 0 Å². The van der Waals surface area contributed by atoms with Gasteiger partial charge in [-0.25, -0.2) is 14.5 Å². The summed E-state index contributed by atoms with van der Waals surface area (Å²) >= 11 is 0. The number of carbonyl (C=O) groups excluding carboxylic acids is 1. The van der Waals surface area contributed by atoms with Crippen LogP contribution in [0.4, 0.5) is 0 Å². The van der Waals surface area contributed by atoms with Gasteiger partial charge in [0.15, 0.2) is 6.10 Å². The van der Waals surface area contributed by atoms with Gasteiger partial charge in [0.25, 0.3) is 0 Å². The predicted octanol–water partition coefficient (Wildman–Crippen LogP) is -0.409. The highest BCUT2D eigenvalue weighted by atomic mass is 16.6. The second-order valence-electron chi connectivity index (χ2n) is 3.12. The van der Waals surface area contributed by atoms with Crippen LogP contribution in [0, 0.1) is 0 Å². The van der Waals surface area contributed by atoms with Gasteiger partial charge in [-0.15, -0.1) is 0 Å². The molecule has 1 aromatic rings. The molecule has 1 N–H and O–H groups in total. The maximum Gasteiger partial charge on any atom is 0.337 e. The van der Waals surface area contributed by atoms with Crippen LogP contribution in [0.3, 0.4) is 0 Å². The molecule has 0 saturated heterocycles. The van der Waals surface area contributed by atoms with Crippen LogP contribution >= 0.6 is 0 Å². The Kier molecular flexibility index (Phi) is 3.58. The van der Waals surface area contributed by atoms with Crippen LogP contribution in [0.25, 0.3) is 0 Å². The van der Waals surface area contributed by atoms with Crippen molar-refractivity contribution in [2.75, 3.05) is 0 Å². The fourth-order valence-corrected chi connectivity index (χ4v) is 0.890. The number of hydrogen-bond donors (Lipinski definition) is 1. The van der Waals surface area contributed by atoms with Gasteiger partial charge in [0.1, 0.15) is 12.7 Å². The minimum absolute atomic E-state index is 0.0611. The SMILES string of the molecule is CC(C)OC(=O)[C@H](O)Cn1cncn1.